The zero-order chi connectivity index (χ0) is 5.98. The quantitative estimate of drug-likeness (QED) is 0.478. The van der Waals surface area contributed by atoms with E-state index in [-0.39, 0.29) is 0 Å². The summed E-state index contributed by atoms with van der Waals surface area (Å²) in [6, 6.07) is 0. The van der Waals surface area contributed by atoms with E-state index in [1.165, 1.54) is 12.4 Å². The van der Waals surface area contributed by atoms with Crippen molar-refractivity contribution >= 4 is 11.6 Å². The van der Waals surface area contributed by atoms with Gasteiger partial charge >= 0.3 is 0 Å². The van der Waals surface area contributed by atoms with E-state index >= 15 is 0 Å². The van der Waals surface area contributed by atoms with Gasteiger partial charge in [-0.25, -0.2) is 4.98 Å². The second-order valence-corrected chi connectivity index (χ2v) is 1.37. The molecule has 0 fully saturated rings. The number of aromatic nitrogens is 2. The van der Waals surface area contributed by atoms with Gasteiger partial charge in [0.25, 0.3) is 0 Å². The lowest BCUT2D eigenvalue weighted by Crippen LogP contribution is -1.95. The Morgan fingerprint density at radius 1 is 1.12 bits per heavy atom. The minimum Gasteiger partial charge on any atom is -0.382 e. The van der Waals surface area contributed by atoms with Crippen LogP contribution in [0.3, 0.4) is 0 Å². The van der Waals surface area contributed by atoms with Gasteiger partial charge in [-0.3, -0.25) is 4.98 Å². The molecule has 0 aliphatic rings. The molecular weight excluding hydrogens is 104 g/mol. The topological polar surface area (TPSA) is 77.8 Å². The molecule has 1 rings (SSSR count). The van der Waals surface area contributed by atoms with Crippen molar-refractivity contribution in [3.63, 3.8) is 0 Å². The van der Waals surface area contributed by atoms with Gasteiger partial charge in [0.05, 0.1) is 12.4 Å². The van der Waals surface area contributed by atoms with Crippen molar-refractivity contribution in [3.05, 3.63) is 12.4 Å². The average molecular weight is 110 g/mol. The Bertz CT molecular complexity index is 168. The van der Waals surface area contributed by atoms with Crippen molar-refractivity contribution in [2.75, 3.05) is 11.5 Å². The average Bonchev–Trinajstić information content (AvgIpc) is 1.64. The number of hydrogen-bond acceptors (Lipinski definition) is 4. The molecule has 8 heavy (non-hydrogen) atoms. The fourth-order valence-corrected chi connectivity index (χ4v) is 0.397. The van der Waals surface area contributed by atoms with E-state index in [4.69, 9.17) is 11.5 Å². The lowest BCUT2D eigenvalue weighted by Gasteiger charge is -1.89. The van der Waals surface area contributed by atoms with Gasteiger partial charge in [0.1, 0.15) is 11.6 Å². The van der Waals surface area contributed by atoms with Crippen molar-refractivity contribution in [1.82, 2.24) is 9.97 Å². The molecule has 4 N–H and O–H groups in total. The Labute approximate surface area is 46.6 Å². The highest BCUT2D eigenvalue weighted by atomic mass is 14.9. The Balaban J connectivity index is 3.08. The first-order valence-corrected chi connectivity index (χ1v) is 2.12. The molecule has 0 saturated heterocycles. The Hall–Kier alpha value is -1.32. The fraction of sp³-hybridized carbons (Fsp3) is 0. The minimum atomic E-state index is 0.352. The maximum Gasteiger partial charge on any atom is 0.144 e. The molecule has 0 aliphatic carbocycles. The largest absolute Gasteiger partial charge is 0.382 e. The maximum absolute atomic E-state index is 5.20. The highest BCUT2D eigenvalue weighted by Gasteiger charge is 1.84. The summed E-state index contributed by atoms with van der Waals surface area (Å²) in [5, 5.41) is 0. The van der Waals surface area contributed by atoms with Gasteiger partial charge in [0.2, 0.25) is 0 Å². The van der Waals surface area contributed by atoms with Gasteiger partial charge in [-0.2, -0.15) is 0 Å². The molecule has 0 unspecified atom stereocenters. The lowest BCUT2D eigenvalue weighted by atomic mass is 10.6. The van der Waals surface area contributed by atoms with Gasteiger partial charge in [-0.15, -0.1) is 0 Å². The van der Waals surface area contributed by atoms with Crippen LogP contribution >= 0.6 is 0 Å². The van der Waals surface area contributed by atoms with E-state index in [0.29, 0.717) is 11.6 Å². The third-order valence-electron chi connectivity index (χ3n) is 0.672. The number of nitrogens with two attached hydrogens (primary N) is 2. The van der Waals surface area contributed by atoms with E-state index in [1.54, 1.807) is 0 Å². The second kappa shape index (κ2) is 1.65. The van der Waals surface area contributed by atoms with Crippen molar-refractivity contribution in [3.8, 4) is 0 Å². The summed E-state index contributed by atoms with van der Waals surface area (Å²) in [4.78, 5) is 7.34. The predicted octanol–water partition coefficient (Wildman–Crippen LogP) is -0.359. The molecule has 0 aromatic carbocycles. The zero-order valence-corrected chi connectivity index (χ0v) is 4.20. The zero-order valence-electron chi connectivity index (χ0n) is 4.20. The second-order valence-electron chi connectivity index (χ2n) is 1.37. The molecule has 0 bridgehead atoms. The van der Waals surface area contributed by atoms with Crippen LogP contribution in [-0.4, -0.2) is 9.97 Å². The smallest absolute Gasteiger partial charge is 0.144 e. The van der Waals surface area contributed by atoms with Crippen LogP contribution in [0.15, 0.2) is 12.4 Å². The Morgan fingerprint density at radius 3 is 1.88 bits per heavy atom. The maximum atomic E-state index is 5.20. The highest BCUT2D eigenvalue weighted by Crippen LogP contribution is 1.95. The third-order valence-corrected chi connectivity index (χ3v) is 0.672. The molecule has 4 nitrogen and oxygen atoms in total. The first kappa shape index (κ1) is 4.83. The molecule has 0 radical (unpaired) electrons. The van der Waals surface area contributed by atoms with Crippen LogP contribution in [0.4, 0.5) is 11.6 Å². The summed E-state index contributed by atoms with van der Waals surface area (Å²) in [6.07, 6.45) is 2.88. The van der Waals surface area contributed by atoms with E-state index in [1.807, 2.05) is 0 Å². The molecule has 1 aromatic heterocycles. The summed E-state index contributed by atoms with van der Waals surface area (Å²) in [6.45, 7) is 0. The molecular formula is C4H6N4. The molecule has 0 saturated carbocycles. The summed E-state index contributed by atoms with van der Waals surface area (Å²) in [5.41, 5.74) is 10.4. The van der Waals surface area contributed by atoms with Crippen molar-refractivity contribution in [1.29, 1.82) is 0 Å². The van der Waals surface area contributed by atoms with Gasteiger partial charge in [-0.1, -0.05) is 0 Å². The van der Waals surface area contributed by atoms with Crippen LogP contribution in [0.5, 0.6) is 0 Å². The molecule has 42 valence electrons. The number of hydrogen-bond donors (Lipinski definition) is 2. The van der Waals surface area contributed by atoms with Gasteiger partial charge < -0.3 is 11.5 Å². The molecule has 1 heterocycles. The lowest BCUT2D eigenvalue weighted by molar-refractivity contribution is 1.22. The molecule has 4 heteroatoms. The summed E-state index contributed by atoms with van der Waals surface area (Å²) < 4.78 is 0. The molecule has 0 spiro atoms. The van der Waals surface area contributed by atoms with E-state index in [9.17, 15) is 0 Å². The van der Waals surface area contributed by atoms with E-state index in [0.717, 1.165) is 0 Å². The monoisotopic (exact) mass is 110 g/mol. The number of anilines is 2. The Kier molecular flexibility index (Phi) is 0.997. The molecule has 0 aliphatic heterocycles. The minimum absolute atomic E-state index is 0.352. The van der Waals surface area contributed by atoms with Crippen LogP contribution in [0.1, 0.15) is 0 Å². The van der Waals surface area contributed by atoms with Crippen molar-refractivity contribution < 1.29 is 0 Å². The number of nitrogen functional groups attached to an aromatic ring is 2. The normalized spacial score (nSPS) is 9.00. The first-order chi connectivity index (χ1) is 3.79. The van der Waals surface area contributed by atoms with Crippen LogP contribution in [0.25, 0.3) is 0 Å². The molecule has 0 amide bonds. The van der Waals surface area contributed by atoms with Crippen molar-refractivity contribution in [2.24, 2.45) is 0 Å². The van der Waals surface area contributed by atoms with Gasteiger partial charge in [0.15, 0.2) is 0 Å². The third kappa shape index (κ3) is 0.841. The van der Waals surface area contributed by atoms with E-state index in [2.05, 4.69) is 9.97 Å². The molecule has 0 atom stereocenters. The van der Waals surface area contributed by atoms with Gasteiger partial charge in [-0.05, 0) is 0 Å². The fourth-order valence-electron chi connectivity index (χ4n) is 0.397. The van der Waals surface area contributed by atoms with Crippen LogP contribution in [0, 0.1) is 0 Å². The summed E-state index contributed by atoms with van der Waals surface area (Å²) in [7, 11) is 0. The van der Waals surface area contributed by atoms with Crippen LogP contribution in [-0.2, 0) is 0 Å². The highest BCUT2D eigenvalue weighted by molar-refractivity contribution is 5.33. The van der Waals surface area contributed by atoms with Crippen molar-refractivity contribution in [2.45, 2.75) is 0 Å². The standard InChI is InChI=1S/C4H6N4/c5-3-1-7-2-4(6)8-3/h1-2H,(H4,5,6,8). The van der Waals surface area contributed by atoms with Gasteiger partial charge in [0, 0.05) is 0 Å². The van der Waals surface area contributed by atoms with Crippen LogP contribution < -0.4 is 11.5 Å². The molecule has 1 aromatic rings. The number of nitrogens with zero attached hydrogens (tertiary/aromatic N) is 2. The van der Waals surface area contributed by atoms with E-state index < -0.39 is 0 Å². The first-order valence-electron chi connectivity index (χ1n) is 2.12. The number of rotatable bonds is 0. The van der Waals surface area contributed by atoms with Crippen LogP contribution in [0.2, 0.25) is 0 Å². The Morgan fingerprint density at radius 2 is 1.62 bits per heavy atom. The summed E-state index contributed by atoms with van der Waals surface area (Å²) >= 11 is 0. The predicted molar refractivity (Wildman–Crippen MR) is 30.9 cm³/mol. The SMILES string of the molecule is Nc1cncc(N)n1. The summed E-state index contributed by atoms with van der Waals surface area (Å²) in [5.74, 6) is 0.704.